The maximum atomic E-state index is 14.3. The Bertz CT molecular complexity index is 2850. The lowest BCUT2D eigenvalue weighted by molar-refractivity contribution is -0.131. The number of carbonyl (C=O) groups is 3. The predicted molar refractivity (Wildman–Crippen MR) is 222 cm³/mol. The van der Waals surface area contributed by atoms with Crippen molar-refractivity contribution in [1.82, 2.24) is 25.6 Å². The number of nitrogens with one attached hydrogen (secondary N) is 4. The van der Waals surface area contributed by atoms with Crippen LogP contribution in [0.25, 0.3) is 33.8 Å². The third kappa shape index (κ3) is 6.10. The number of aromatic nitrogens is 3. The fourth-order valence-electron chi connectivity index (χ4n) is 8.47. The number of carbonyl (C=O) groups excluding carboxylic acids is 3. The number of para-hydroxylation sites is 2. The molecule has 0 saturated carbocycles. The fraction of sp³-hybridized carbons (Fsp3) is 0.222. The van der Waals surface area contributed by atoms with Crippen LogP contribution in [0.3, 0.4) is 0 Å². The number of aromatic amines is 1. The number of esters is 1. The normalized spacial score (nSPS) is 19.9. The van der Waals surface area contributed by atoms with E-state index in [-0.39, 0.29) is 30.7 Å². The molecule has 0 aliphatic carbocycles. The molecule has 0 saturated heterocycles. The van der Waals surface area contributed by atoms with Gasteiger partial charge < -0.3 is 44.0 Å². The summed E-state index contributed by atoms with van der Waals surface area (Å²) in [5.41, 5.74) is 4.54. The van der Waals surface area contributed by atoms with Crippen molar-refractivity contribution in [3.63, 3.8) is 0 Å². The molecule has 15 heteroatoms. The number of ether oxygens (including phenoxy) is 3. The van der Waals surface area contributed by atoms with Crippen LogP contribution in [0.15, 0.2) is 111 Å². The van der Waals surface area contributed by atoms with Crippen LogP contribution >= 0.6 is 15.9 Å². The second kappa shape index (κ2) is 14.4. The van der Waals surface area contributed by atoms with Crippen LogP contribution < -0.4 is 25.4 Å². The summed E-state index contributed by atoms with van der Waals surface area (Å²) in [6.07, 6.45) is 2.11. The number of benzene rings is 4. The fourth-order valence-corrected chi connectivity index (χ4v) is 8.95. The molecular weight excluding hydrogens is 832 g/mol. The first-order valence-electron chi connectivity index (χ1n) is 19.5. The number of anilines is 1. The standard InChI is InChI=1S/C45H37BrN6O8/c1-22(2)35-42-51-38(41-48-20-34(58-41)27-19-47-36-26(27)11-7-14-33(36)57-23(3)53)39(60-42)45-28-12-8-13-30(46)37(28)52-43(45)59-32-16-15-25(17-29(32)45)18-31(40(54)50-35)49-44(55)56-21-24-9-5-4-6-10-24/h4-17,19-20,22,31,35,43,47,52H,18,21H2,1-3H3,(H,49,55)(H,50,54)/t31-,35?,43-,45?/m0/s1. The summed E-state index contributed by atoms with van der Waals surface area (Å²) >= 11 is 3.75. The maximum Gasteiger partial charge on any atom is 0.408 e. The van der Waals surface area contributed by atoms with Crippen LogP contribution in [0.1, 0.15) is 60.7 Å². The van der Waals surface area contributed by atoms with E-state index in [1.165, 1.54) is 6.92 Å². The highest BCUT2D eigenvalue weighted by Crippen LogP contribution is 2.60. The minimum absolute atomic E-state index is 0.0394. The first-order valence-corrected chi connectivity index (χ1v) is 20.3. The number of nitrogens with zero attached hydrogens (tertiary/aromatic N) is 2. The van der Waals surface area contributed by atoms with Gasteiger partial charge in [0.15, 0.2) is 29.2 Å². The maximum absolute atomic E-state index is 14.3. The molecular formula is C45H37BrN6O8. The molecule has 6 heterocycles. The first kappa shape index (κ1) is 37.4. The zero-order valence-electron chi connectivity index (χ0n) is 32.5. The predicted octanol–water partition coefficient (Wildman–Crippen LogP) is 8.31. The molecule has 4 atom stereocenters. The van der Waals surface area contributed by atoms with Crippen molar-refractivity contribution in [2.75, 3.05) is 5.32 Å². The summed E-state index contributed by atoms with van der Waals surface area (Å²) in [5.74, 6) is 1.12. The van der Waals surface area contributed by atoms with E-state index < -0.39 is 41.7 Å². The van der Waals surface area contributed by atoms with Crippen LogP contribution in [-0.4, -0.2) is 45.2 Å². The number of amides is 2. The Hall–Kier alpha value is -6.87. The number of H-pyrrole nitrogens is 1. The van der Waals surface area contributed by atoms with E-state index in [2.05, 4.69) is 36.9 Å². The Morgan fingerprint density at radius 3 is 2.65 bits per heavy atom. The molecule has 4 aromatic carbocycles. The minimum Gasteiger partial charge on any atom is -0.469 e. The summed E-state index contributed by atoms with van der Waals surface area (Å²) in [6, 6.07) is 24.6. The molecule has 302 valence electrons. The molecule has 4 N–H and O–H groups in total. The lowest BCUT2D eigenvalue weighted by Gasteiger charge is -2.28. The summed E-state index contributed by atoms with van der Waals surface area (Å²) < 4.78 is 32.2. The molecule has 0 radical (unpaired) electrons. The van der Waals surface area contributed by atoms with Gasteiger partial charge in [0.25, 0.3) is 0 Å². The Balaban J connectivity index is 1.12. The van der Waals surface area contributed by atoms with Gasteiger partial charge in [-0.3, -0.25) is 9.59 Å². The molecule has 4 bridgehead atoms. The van der Waals surface area contributed by atoms with Crippen molar-refractivity contribution in [2.24, 2.45) is 5.92 Å². The zero-order chi connectivity index (χ0) is 41.3. The Kier molecular flexibility index (Phi) is 9.01. The molecule has 2 amide bonds. The summed E-state index contributed by atoms with van der Waals surface area (Å²) in [5, 5.41) is 10.3. The van der Waals surface area contributed by atoms with Crippen molar-refractivity contribution in [2.45, 2.75) is 57.5 Å². The van der Waals surface area contributed by atoms with Gasteiger partial charge in [0.05, 0.1) is 17.4 Å². The highest BCUT2D eigenvalue weighted by atomic mass is 79.9. The SMILES string of the molecule is CC(=O)Oc1cccc2c(-c3cnc(-c4nc5oc4C46c7cc(ccc7O[C@@H]4Nc4c(Br)cccc46)C[C@H](NC(=O)OCc4ccccc4)C(=O)NC5C(C)C)o3)c[nH]c12. The number of fused-ring (bicyclic) bond motifs is 5. The van der Waals surface area contributed by atoms with Gasteiger partial charge in [-0.05, 0) is 51.2 Å². The number of halogens is 1. The Morgan fingerprint density at radius 1 is 1.00 bits per heavy atom. The average molecular weight is 870 g/mol. The van der Waals surface area contributed by atoms with Gasteiger partial charge in [0.1, 0.15) is 29.9 Å². The van der Waals surface area contributed by atoms with Gasteiger partial charge >= 0.3 is 12.1 Å². The molecule has 2 unspecified atom stereocenters. The lowest BCUT2D eigenvalue weighted by Crippen LogP contribution is -2.49. The molecule has 3 aliphatic rings. The van der Waals surface area contributed by atoms with Crippen molar-refractivity contribution in [1.29, 1.82) is 0 Å². The molecule has 10 rings (SSSR count). The van der Waals surface area contributed by atoms with E-state index >= 15 is 0 Å². The van der Waals surface area contributed by atoms with E-state index in [9.17, 15) is 14.4 Å². The largest absolute Gasteiger partial charge is 0.469 e. The third-order valence-corrected chi connectivity index (χ3v) is 11.9. The molecule has 0 fully saturated rings. The van der Waals surface area contributed by atoms with Crippen LogP contribution in [0.2, 0.25) is 0 Å². The highest BCUT2D eigenvalue weighted by molar-refractivity contribution is 9.10. The van der Waals surface area contributed by atoms with Crippen LogP contribution in [-0.2, 0) is 32.8 Å². The number of alkyl carbamates (subject to hydrolysis) is 1. The molecule has 3 aliphatic heterocycles. The minimum atomic E-state index is -1.12. The molecule has 60 heavy (non-hydrogen) atoms. The third-order valence-electron chi connectivity index (χ3n) is 11.2. The quantitative estimate of drug-likeness (QED) is 0.0893. The summed E-state index contributed by atoms with van der Waals surface area (Å²) in [6.45, 7) is 5.29. The molecule has 14 nitrogen and oxygen atoms in total. The van der Waals surface area contributed by atoms with E-state index in [1.807, 2.05) is 86.6 Å². The topological polar surface area (TPSA) is 183 Å². The number of oxazole rings is 2. The summed E-state index contributed by atoms with van der Waals surface area (Å²) in [4.78, 5) is 52.6. The molecule has 3 aromatic heterocycles. The zero-order valence-corrected chi connectivity index (χ0v) is 34.1. The monoisotopic (exact) mass is 868 g/mol. The van der Waals surface area contributed by atoms with Crippen LogP contribution in [0, 0.1) is 5.92 Å². The van der Waals surface area contributed by atoms with E-state index in [1.54, 1.807) is 24.5 Å². The second-order valence-electron chi connectivity index (χ2n) is 15.4. The highest BCUT2D eigenvalue weighted by Gasteiger charge is 2.61. The van der Waals surface area contributed by atoms with Crippen LogP contribution in [0.5, 0.6) is 11.5 Å². The van der Waals surface area contributed by atoms with Crippen molar-refractivity contribution in [3.05, 3.63) is 136 Å². The first-order chi connectivity index (χ1) is 29.1. The number of hydrogen-bond donors (Lipinski definition) is 4. The van der Waals surface area contributed by atoms with Gasteiger partial charge in [-0.2, -0.15) is 0 Å². The van der Waals surface area contributed by atoms with E-state index in [4.69, 9.17) is 33.0 Å². The van der Waals surface area contributed by atoms with Crippen molar-refractivity contribution < 1.29 is 37.4 Å². The van der Waals surface area contributed by atoms with Crippen molar-refractivity contribution >= 4 is 50.5 Å². The van der Waals surface area contributed by atoms with Crippen molar-refractivity contribution in [3.8, 4) is 34.4 Å². The average Bonchev–Trinajstić information content (AvgIpc) is 4.06. The van der Waals surface area contributed by atoms with Gasteiger partial charge in [0.2, 0.25) is 17.7 Å². The summed E-state index contributed by atoms with van der Waals surface area (Å²) in [7, 11) is 0. The van der Waals surface area contributed by atoms with Gasteiger partial charge in [-0.25, -0.2) is 14.8 Å². The van der Waals surface area contributed by atoms with Gasteiger partial charge in [-0.15, -0.1) is 0 Å². The number of rotatable bonds is 7. The Morgan fingerprint density at radius 2 is 1.83 bits per heavy atom. The van der Waals surface area contributed by atoms with E-state index in [0.29, 0.717) is 39.8 Å². The second-order valence-corrected chi connectivity index (χ2v) is 16.2. The van der Waals surface area contributed by atoms with Crippen LogP contribution in [0.4, 0.5) is 10.5 Å². The number of hydrogen-bond acceptors (Lipinski definition) is 11. The molecule has 7 aromatic rings. The van der Waals surface area contributed by atoms with Gasteiger partial charge in [-0.1, -0.05) is 80.6 Å². The van der Waals surface area contributed by atoms with Gasteiger partial charge in [0, 0.05) is 46.1 Å². The van der Waals surface area contributed by atoms with E-state index in [0.717, 1.165) is 37.8 Å². The Labute approximate surface area is 351 Å². The smallest absolute Gasteiger partial charge is 0.408 e. The molecule has 1 spiro atoms. The lowest BCUT2D eigenvalue weighted by atomic mass is 9.72.